The summed E-state index contributed by atoms with van der Waals surface area (Å²) in [6, 6.07) is 12.4. The van der Waals surface area contributed by atoms with Crippen LogP contribution in [0.4, 0.5) is 4.39 Å². The van der Waals surface area contributed by atoms with Gasteiger partial charge in [-0.2, -0.15) is 0 Å². The molecule has 1 amide bonds. The minimum absolute atomic E-state index is 0.0775. The van der Waals surface area contributed by atoms with Crippen molar-refractivity contribution in [1.29, 1.82) is 0 Å². The summed E-state index contributed by atoms with van der Waals surface area (Å²) in [5, 5.41) is -0.657. The molecule has 1 atom stereocenters. The first-order valence-electron chi connectivity index (χ1n) is 8.38. The summed E-state index contributed by atoms with van der Waals surface area (Å²) in [5.74, 6) is -0.551. The smallest absolute Gasteiger partial charge is 0.227 e. The van der Waals surface area contributed by atoms with E-state index in [0.29, 0.717) is 19.4 Å². The topological polar surface area (TPSA) is 54.5 Å². The van der Waals surface area contributed by atoms with E-state index in [1.165, 1.54) is 12.1 Å². The Morgan fingerprint density at radius 3 is 2.42 bits per heavy atom. The maximum atomic E-state index is 13.1. The first-order valence-corrected chi connectivity index (χ1v) is 10.7. The van der Waals surface area contributed by atoms with Crippen molar-refractivity contribution in [2.75, 3.05) is 13.1 Å². The number of carbonyl (C=O) groups excluding carboxylic acids is 1. The van der Waals surface area contributed by atoms with E-state index in [4.69, 9.17) is 0 Å². The summed E-state index contributed by atoms with van der Waals surface area (Å²) < 4.78 is 39.6. The average Bonchev–Trinajstić information content (AvgIpc) is 2.64. The number of amides is 1. The molecule has 0 N–H and O–H groups in total. The molecule has 0 bridgehead atoms. The molecule has 0 spiro atoms. The fourth-order valence-corrected chi connectivity index (χ4v) is 5.14. The van der Waals surface area contributed by atoms with Crippen molar-refractivity contribution < 1.29 is 17.6 Å². The van der Waals surface area contributed by atoms with Gasteiger partial charge in [-0.15, -0.1) is 0 Å². The third kappa shape index (κ3) is 4.32. The van der Waals surface area contributed by atoms with Gasteiger partial charge in [-0.1, -0.05) is 28.1 Å². The van der Waals surface area contributed by atoms with Gasteiger partial charge in [0.05, 0.1) is 16.6 Å². The highest BCUT2D eigenvalue weighted by Crippen LogP contribution is 2.24. The molecule has 0 aromatic heterocycles. The Balaban J connectivity index is 1.71. The lowest BCUT2D eigenvalue weighted by Gasteiger charge is -2.32. The van der Waals surface area contributed by atoms with Gasteiger partial charge in [0.25, 0.3) is 0 Å². The summed E-state index contributed by atoms with van der Waals surface area (Å²) in [6.45, 7) is 0.736. The Morgan fingerprint density at radius 2 is 1.77 bits per heavy atom. The molecule has 2 aromatic carbocycles. The van der Waals surface area contributed by atoms with Crippen LogP contribution in [0.2, 0.25) is 0 Å². The Bertz CT molecular complexity index is 882. The monoisotopic (exact) mass is 439 g/mol. The number of benzene rings is 2. The van der Waals surface area contributed by atoms with Gasteiger partial charge in [-0.05, 0) is 54.8 Å². The summed E-state index contributed by atoms with van der Waals surface area (Å²) in [7, 11) is -3.59. The molecule has 0 saturated carbocycles. The van der Waals surface area contributed by atoms with Crippen LogP contribution in [0, 0.1) is 5.82 Å². The van der Waals surface area contributed by atoms with Crippen LogP contribution < -0.4 is 0 Å². The summed E-state index contributed by atoms with van der Waals surface area (Å²) in [6.07, 6.45) is 1.38. The Hall–Kier alpha value is -1.73. The van der Waals surface area contributed by atoms with Gasteiger partial charge < -0.3 is 4.90 Å². The van der Waals surface area contributed by atoms with Gasteiger partial charge in [0.15, 0.2) is 9.84 Å². The number of sulfone groups is 1. The fourth-order valence-electron chi connectivity index (χ4n) is 3.12. The largest absolute Gasteiger partial charge is 0.341 e. The molecule has 1 aliphatic heterocycles. The third-order valence-electron chi connectivity index (χ3n) is 4.58. The number of nitrogens with zero attached hydrogens (tertiary/aromatic N) is 1. The molecule has 1 unspecified atom stereocenters. The molecule has 26 heavy (non-hydrogen) atoms. The van der Waals surface area contributed by atoms with E-state index in [1.807, 2.05) is 24.3 Å². The van der Waals surface area contributed by atoms with Gasteiger partial charge in [-0.25, -0.2) is 12.8 Å². The van der Waals surface area contributed by atoms with E-state index >= 15 is 0 Å². The van der Waals surface area contributed by atoms with Gasteiger partial charge in [-0.3, -0.25) is 4.79 Å². The molecule has 1 saturated heterocycles. The van der Waals surface area contributed by atoms with Gasteiger partial charge >= 0.3 is 0 Å². The minimum atomic E-state index is -3.59. The van der Waals surface area contributed by atoms with Crippen molar-refractivity contribution in [1.82, 2.24) is 4.90 Å². The predicted molar refractivity (Wildman–Crippen MR) is 101 cm³/mol. The fraction of sp³-hybridized carbons (Fsp3) is 0.316. The third-order valence-corrected chi connectivity index (χ3v) is 7.30. The second-order valence-corrected chi connectivity index (χ2v) is 9.55. The van der Waals surface area contributed by atoms with Crippen molar-refractivity contribution in [2.45, 2.75) is 29.4 Å². The van der Waals surface area contributed by atoms with Crippen LogP contribution >= 0.6 is 15.9 Å². The molecule has 2 aromatic rings. The standard InChI is InChI=1S/C19H19BrFNO3S/c20-15-5-3-14(4-6-15)12-19(23)22-11-1-2-18(13-22)26(24,25)17-9-7-16(21)8-10-17/h3-10,18H,1-2,11-13H2. The van der Waals surface area contributed by atoms with E-state index in [1.54, 1.807) is 4.90 Å². The number of hydrogen-bond donors (Lipinski definition) is 0. The maximum Gasteiger partial charge on any atom is 0.227 e. The van der Waals surface area contributed by atoms with Crippen LogP contribution in [-0.2, 0) is 21.1 Å². The molecular formula is C19H19BrFNO3S. The molecule has 7 heteroatoms. The minimum Gasteiger partial charge on any atom is -0.341 e. The highest BCUT2D eigenvalue weighted by Gasteiger charge is 2.33. The van der Waals surface area contributed by atoms with Crippen molar-refractivity contribution in [3.05, 3.63) is 64.4 Å². The normalized spacial score (nSPS) is 17.9. The van der Waals surface area contributed by atoms with Gasteiger partial charge in [0, 0.05) is 17.6 Å². The molecule has 4 nitrogen and oxygen atoms in total. The number of rotatable bonds is 4. The summed E-state index contributed by atoms with van der Waals surface area (Å²) in [5.41, 5.74) is 0.890. The number of likely N-dealkylation sites (tertiary alicyclic amines) is 1. The number of piperidine rings is 1. The van der Waals surface area contributed by atoms with Gasteiger partial charge in [0.1, 0.15) is 5.82 Å². The summed E-state index contributed by atoms with van der Waals surface area (Å²) in [4.78, 5) is 14.3. The zero-order valence-electron chi connectivity index (χ0n) is 14.1. The highest BCUT2D eigenvalue weighted by atomic mass is 79.9. The quantitative estimate of drug-likeness (QED) is 0.683. The SMILES string of the molecule is O=C(Cc1ccc(Br)cc1)N1CCCC(S(=O)(=O)c2ccc(F)cc2)C1. The van der Waals surface area contributed by atoms with Crippen molar-refractivity contribution in [2.24, 2.45) is 0 Å². The van der Waals surface area contributed by atoms with E-state index in [9.17, 15) is 17.6 Å². The van der Waals surface area contributed by atoms with Crippen molar-refractivity contribution in [3.8, 4) is 0 Å². The van der Waals surface area contributed by atoms with Crippen LogP contribution in [0.25, 0.3) is 0 Å². The van der Waals surface area contributed by atoms with E-state index in [2.05, 4.69) is 15.9 Å². The first-order chi connectivity index (χ1) is 12.4. The Labute approximate surface area is 161 Å². The van der Waals surface area contributed by atoms with Crippen LogP contribution in [0.3, 0.4) is 0 Å². The highest BCUT2D eigenvalue weighted by molar-refractivity contribution is 9.10. The molecule has 1 fully saturated rings. The summed E-state index contributed by atoms with van der Waals surface area (Å²) >= 11 is 3.36. The number of halogens is 2. The van der Waals surface area contributed by atoms with Crippen molar-refractivity contribution in [3.63, 3.8) is 0 Å². The lowest BCUT2D eigenvalue weighted by Crippen LogP contribution is -2.45. The lowest BCUT2D eigenvalue weighted by atomic mass is 10.1. The van der Waals surface area contributed by atoms with Crippen LogP contribution in [0.1, 0.15) is 18.4 Å². The molecular weight excluding hydrogens is 421 g/mol. The van der Waals surface area contributed by atoms with Crippen LogP contribution in [0.5, 0.6) is 0 Å². The molecule has 3 rings (SSSR count). The second kappa shape index (κ2) is 7.88. The molecule has 0 aliphatic carbocycles. The Morgan fingerprint density at radius 1 is 1.12 bits per heavy atom. The molecule has 0 radical (unpaired) electrons. The molecule has 1 aliphatic rings. The molecule has 1 heterocycles. The number of carbonyl (C=O) groups is 1. The second-order valence-electron chi connectivity index (χ2n) is 6.41. The van der Waals surface area contributed by atoms with Gasteiger partial charge in [0.2, 0.25) is 5.91 Å². The zero-order chi connectivity index (χ0) is 18.7. The van der Waals surface area contributed by atoms with E-state index in [-0.39, 0.29) is 23.8 Å². The lowest BCUT2D eigenvalue weighted by molar-refractivity contribution is -0.131. The van der Waals surface area contributed by atoms with Crippen LogP contribution in [-0.4, -0.2) is 37.6 Å². The van der Waals surface area contributed by atoms with Crippen molar-refractivity contribution >= 4 is 31.7 Å². The molecule has 138 valence electrons. The predicted octanol–water partition coefficient (Wildman–Crippen LogP) is 3.60. The van der Waals surface area contributed by atoms with E-state index < -0.39 is 20.9 Å². The number of hydrogen-bond acceptors (Lipinski definition) is 3. The maximum absolute atomic E-state index is 13.1. The Kier molecular flexibility index (Phi) is 5.77. The van der Waals surface area contributed by atoms with Crippen LogP contribution in [0.15, 0.2) is 57.9 Å². The zero-order valence-corrected chi connectivity index (χ0v) is 16.5. The average molecular weight is 440 g/mol. The van der Waals surface area contributed by atoms with E-state index in [0.717, 1.165) is 22.2 Å². The first kappa shape index (κ1) is 19.0.